The molecule has 3 aromatic carbocycles. The van der Waals surface area contributed by atoms with E-state index in [1.807, 2.05) is 36.5 Å². The van der Waals surface area contributed by atoms with Crippen LogP contribution < -0.4 is 9.64 Å². The maximum absolute atomic E-state index is 9.68. The zero-order valence-corrected chi connectivity index (χ0v) is 16.2. The van der Waals surface area contributed by atoms with Crippen LogP contribution in [-0.4, -0.2) is 19.0 Å². The first-order valence-electron chi connectivity index (χ1n) is 9.59. The van der Waals surface area contributed by atoms with E-state index in [1.165, 1.54) is 5.56 Å². The molecule has 4 heteroatoms. The van der Waals surface area contributed by atoms with Crippen LogP contribution in [0, 0.1) is 11.3 Å². The van der Waals surface area contributed by atoms with E-state index in [9.17, 15) is 5.26 Å². The molecule has 0 aliphatic carbocycles. The lowest BCUT2D eigenvalue weighted by atomic mass is 9.73. The molecule has 0 saturated carbocycles. The van der Waals surface area contributed by atoms with Crippen molar-refractivity contribution >= 4 is 28.4 Å². The molecule has 2 atom stereocenters. The lowest BCUT2D eigenvalue weighted by Crippen LogP contribution is -2.61. The number of nitriles is 1. The number of nitrogens with zero attached hydrogens (tertiary/aromatic N) is 3. The number of para-hydroxylation sites is 1. The van der Waals surface area contributed by atoms with Gasteiger partial charge in [0.2, 0.25) is 5.72 Å². The lowest BCUT2D eigenvalue weighted by Gasteiger charge is -2.46. The topological polar surface area (TPSA) is 48.6 Å². The fourth-order valence-electron chi connectivity index (χ4n) is 4.81. The van der Waals surface area contributed by atoms with E-state index in [-0.39, 0.29) is 5.41 Å². The highest BCUT2D eigenvalue weighted by atomic mass is 16.5. The van der Waals surface area contributed by atoms with E-state index < -0.39 is 5.72 Å². The molecule has 0 saturated heterocycles. The molecule has 5 rings (SSSR count). The molecular formula is C24H21N3O. The minimum absolute atomic E-state index is 0.266. The number of aliphatic imine (C=N–C) groups is 1. The number of likely N-dealkylation sites (N-methyl/N-ethyl adjacent to an activating group) is 1. The molecule has 2 aliphatic rings. The number of ether oxygens (including phenoxy) is 1. The zero-order chi connectivity index (χ0) is 19.5. The highest BCUT2D eigenvalue weighted by molar-refractivity contribution is 6.02. The van der Waals surface area contributed by atoms with Gasteiger partial charge in [-0.2, -0.15) is 5.26 Å². The number of benzene rings is 3. The quantitative estimate of drug-likeness (QED) is 0.585. The summed E-state index contributed by atoms with van der Waals surface area (Å²) in [5.41, 5.74) is 2.83. The Hall–Kier alpha value is -3.32. The SMILES string of the molecule is CCC1(C)c2ccccc2N(C)C12C=Nc1c(cc(C#N)c3ccccc13)O2. The van der Waals surface area contributed by atoms with E-state index in [2.05, 4.69) is 56.1 Å². The van der Waals surface area contributed by atoms with Crippen LogP contribution >= 0.6 is 0 Å². The summed E-state index contributed by atoms with van der Waals surface area (Å²) >= 11 is 0. The van der Waals surface area contributed by atoms with Crippen LogP contribution in [0.2, 0.25) is 0 Å². The molecule has 2 heterocycles. The summed E-state index contributed by atoms with van der Waals surface area (Å²) in [6.45, 7) is 4.42. The van der Waals surface area contributed by atoms with Crippen molar-refractivity contribution in [3.05, 3.63) is 65.7 Å². The summed E-state index contributed by atoms with van der Waals surface area (Å²) in [5, 5.41) is 11.5. The van der Waals surface area contributed by atoms with E-state index >= 15 is 0 Å². The van der Waals surface area contributed by atoms with Crippen LogP contribution in [0.4, 0.5) is 11.4 Å². The van der Waals surface area contributed by atoms with Crippen LogP contribution in [0.15, 0.2) is 59.6 Å². The average molecular weight is 367 g/mol. The second kappa shape index (κ2) is 5.59. The zero-order valence-electron chi connectivity index (χ0n) is 16.2. The van der Waals surface area contributed by atoms with Crippen LogP contribution in [-0.2, 0) is 5.41 Å². The van der Waals surface area contributed by atoms with Gasteiger partial charge in [0.15, 0.2) is 5.75 Å². The summed E-state index contributed by atoms with van der Waals surface area (Å²) in [6.07, 6.45) is 2.85. The van der Waals surface area contributed by atoms with Gasteiger partial charge in [-0.15, -0.1) is 0 Å². The van der Waals surface area contributed by atoms with Crippen molar-refractivity contribution in [2.24, 2.45) is 4.99 Å². The Morgan fingerprint density at radius 2 is 1.82 bits per heavy atom. The smallest absolute Gasteiger partial charge is 0.228 e. The largest absolute Gasteiger partial charge is 0.459 e. The molecule has 28 heavy (non-hydrogen) atoms. The number of hydrogen-bond donors (Lipinski definition) is 0. The van der Waals surface area contributed by atoms with Gasteiger partial charge in [0, 0.05) is 29.6 Å². The van der Waals surface area contributed by atoms with Crippen molar-refractivity contribution in [2.45, 2.75) is 31.4 Å². The first-order chi connectivity index (χ1) is 13.6. The van der Waals surface area contributed by atoms with Gasteiger partial charge < -0.3 is 9.64 Å². The Labute approximate surface area is 164 Å². The summed E-state index contributed by atoms with van der Waals surface area (Å²) in [6, 6.07) is 20.5. The van der Waals surface area contributed by atoms with Gasteiger partial charge in [0.25, 0.3) is 0 Å². The molecule has 2 unspecified atom stereocenters. The molecule has 0 amide bonds. The van der Waals surface area contributed by atoms with E-state index in [1.54, 1.807) is 0 Å². The molecule has 0 N–H and O–H groups in total. The van der Waals surface area contributed by atoms with Crippen molar-refractivity contribution < 1.29 is 4.74 Å². The van der Waals surface area contributed by atoms with Gasteiger partial charge >= 0.3 is 0 Å². The highest BCUT2D eigenvalue weighted by Crippen LogP contribution is 2.55. The number of anilines is 1. The van der Waals surface area contributed by atoms with Gasteiger partial charge in [-0.05, 0) is 25.0 Å². The molecule has 0 bridgehead atoms. The third-order valence-electron chi connectivity index (χ3n) is 6.59. The standard InChI is InChI=1S/C24H21N3O/c1-4-23(2)19-11-7-8-12-20(19)27(3)24(23)15-26-22-18-10-6-5-9-17(18)16(14-25)13-21(22)28-24/h5-13,15H,4H2,1-3H3. The molecule has 0 fully saturated rings. The minimum atomic E-state index is -0.729. The number of fused-ring (bicyclic) bond motifs is 4. The third kappa shape index (κ3) is 1.86. The van der Waals surface area contributed by atoms with Crippen LogP contribution in [0.3, 0.4) is 0 Å². The van der Waals surface area contributed by atoms with Crippen LogP contribution in [0.1, 0.15) is 31.4 Å². The van der Waals surface area contributed by atoms with Crippen LogP contribution in [0.25, 0.3) is 10.8 Å². The fourth-order valence-corrected chi connectivity index (χ4v) is 4.81. The van der Waals surface area contributed by atoms with Gasteiger partial charge in [0.1, 0.15) is 5.69 Å². The summed E-state index contributed by atoms with van der Waals surface area (Å²) in [4.78, 5) is 7.09. The van der Waals surface area contributed by atoms with E-state index in [0.29, 0.717) is 11.3 Å². The van der Waals surface area contributed by atoms with E-state index in [0.717, 1.165) is 28.6 Å². The first kappa shape index (κ1) is 16.8. The maximum Gasteiger partial charge on any atom is 0.228 e. The summed E-state index contributed by atoms with van der Waals surface area (Å²) in [7, 11) is 2.06. The Morgan fingerprint density at radius 3 is 2.57 bits per heavy atom. The first-order valence-corrected chi connectivity index (χ1v) is 9.59. The van der Waals surface area contributed by atoms with Gasteiger partial charge in [-0.25, -0.2) is 0 Å². The van der Waals surface area contributed by atoms with Crippen LogP contribution in [0.5, 0.6) is 5.75 Å². The average Bonchev–Trinajstić information content (AvgIpc) is 2.93. The van der Waals surface area contributed by atoms with Gasteiger partial charge in [-0.3, -0.25) is 4.99 Å². The molecule has 2 aliphatic heterocycles. The molecule has 138 valence electrons. The molecular weight excluding hydrogens is 346 g/mol. The number of hydrogen-bond acceptors (Lipinski definition) is 4. The van der Waals surface area contributed by atoms with Crippen molar-refractivity contribution in [1.29, 1.82) is 5.26 Å². The molecule has 1 spiro atoms. The van der Waals surface area contributed by atoms with Crippen molar-refractivity contribution in [2.75, 3.05) is 11.9 Å². The summed E-state index contributed by atoms with van der Waals surface area (Å²) in [5.74, 6) is 0.664. The minimum Gasteiger partial charge on any atom is -0.459 e. The molecule has 0 radical (unpaired) electrons. The molecule has 4 nitrogen and oxygen atoms in total. The molecule has 0 aromatic heterocycles. The van der Waals surface area contributed by atoms with E-state index in [4.69, 9.17) is 9.73 Å². The lowest BCUT2D eigenvalue weighted by molar-refractivity contribution is 0.0706. The Kier molecular flexibility index (Phi) is 3.36. The molecule has 3 aromatic rings. The predicted molar refractivity (Wildman–Crippen MR) is 113 cm³/mol. The van der Waals surface area contributed by atoms with Gasteiger partial charge in [0.05, 0.1) is 23.3 Å². The normalized spacial score (nSPS) is 24.7. The highest BCUT2D eigenvalue weighted by Gasteiger charge is 2.60. The second-order valence-electron chi connectivity index (χ2n) is 7.75. The predicted octanol–water partition coefficient (Wildman–Crippen LogP) is 5.32. The number of rotatable bonds is 1. The maximum atomic E-state index is 9.68. The van der Waals surface area contributed by atoms with Crippen molar-refractivity contribution in [3.63, 3.8) is 0 Å². The summed E-state index contributed by atoms with van der Waals surface area (Å²) < 4.78 is 6.76. The Morgan fingerprint density at radius 1 is 1.11 bits per heavy atom. The second-order valence-corrected chi connectivity index (χ2v) is 7.75. The Bertz CT molecular complexity index is 1190. The fraction of sp³-hybridized carbons (Fsp3) is 0.250. The third-order valence-corrected chi connectivity index (χ3v) is 6.59. The van der Waals surface area contributed by atoms with Crippen molar-refractivity contribution in [1.82, 2.24) is 0 Å². The van der Waals surface area contributed by atoms with Crippen molar-refractivity contribution in [3.8, 4) is 11.8 Å². The Balaban J connectivity index is 1.76. The monoisotopic (exact) mass is 367 g/mol. The van der Waals surface area contributed by atoms with Gasteiger partial charge in [-0.1, -0.05) is 49.4 Å².